The van der Waals surface area contributed by atoms with Crippen LogP contribution >= 0.6 is 0 Å². The Kier molecular flexibility index (Phi) is 7.86. The van der Waals surface area contributed by atoms with Gasteiger partial charge in [0.2, 0.25) is 0 Å². The van der Waals surface area contributed by atoms with Crippen molar-refractivity contribution in [1.29, 1.82) is 0 Å². The molecule has 0 unspecified atom stereocenters. The van der Waals surface area contributed by atoms with E-state index < -0.39 is 24.5 Å². The molecule has 1 fully saturated rings. The van der Waals surface area contributed by atoms with Crippen molar-refractivity contribution in [1.82, 2.24) is 10.6 Å². The second-order valence-corrected chi connectivity index (χ2v) is 6.76. The number of nitrogens with one attached hydrogen (secondary N) is 2. The van der Waals surface area contributed by atoms with Gasteiger partial charge in [0.25, 0.3) is 5.91 Å². The molecule has 2 atom stereocenters. The van der Waals surface area contributed by atoms with Crippen LogP contribution in [-0.4, -0.2) is 42.8 Å². The van der Waals surface area contributed by atoms with E-state index in [1.54, 1.807) is 12.1 Å². The number of ether oxygens (including phenoxy) is 2. The molecule has 2 rings (SSSR count). The number of carbonyl (C=O) groups is 3. The lowest BCUT2D eigenvalue weighted by molar-refractivity contribution is -0.143. The fraction of sp³-hybridized carbons (Fsp3) is 0.450. The molecule has 1 saturated carbocycles. The van der Waals surface area contributed by atoms with Gasteiger partial charge in [-0.2, -0.15) is 0 Å². The Morgan fingerprint density at radius 3 is 2.71 bits per heavy atom. The molecule has 0 aliphatic heterocycles. The number of methoxy groups -OCH3 is 1. The van der Waals surface area contributed by atoms with Crippen LogP contribution in [0.3, 0.4) is 0 Å². The van der Waals surface area contributed by atoms with Crippen molar-refractivity contribution < 1.29 is 29.0 Å². The number of amides is 3. The van der Waals surface area contributed by atoms with Crippen molar-refractivity contribution in [2.45, 2.75) is 38.6 Å². The predicted molar refractivity (Wildman–Crippen MR) is 103 cm³/mol. The fourth-order valence-electron chi connectivity index (χ4n) is 3.04. The summed E-state index contributed by atoms with van der Waals surface area (Å²) < 4.78 is 9.80. The number of benzene rings is 1. The van der Waals surface area contributed by atoms with Crippen LogP contribution in [0.2, 0.25) is 0 Å². The van der Waals surface area contributed by atoms with Gasteiger partial charge in [-0.05, 0) is 42.5 Å². The Hall–Kier alpha value is -3.03. The Bertz CT molecular complexity index is 746. The lowest BCUT2D eigenvalue weighted by atomic mass is 9.86. The van der Waals surface area contributed by atoms with E-state index in [4.69, 9.17) is 9.47 Å². The van der Waals surface area contributed by atoms with Gasteiger partial charge in [0, 0.05) is 12.1 Å². The summed E-state index contributed by atoms with van der Waals surface area (Å²) >= 11 is 0. The lowest BCUT2D eigenvalue weighted by Crippen LogP contribution is -2.48. The molecule has 0 saturated heterocycles. The number of esters is 1. The molecule has 3 N–H and O–H groups in total. The minimum atomic E-state index is -0.733. The van der Waals surface area contributed by atoms with Crippen LogP contribution < -0.4 is 15.4 Å². The third-order valence-corrected chi connectivity index (χ3v) is 4.64. The van der Waals surface area contributed by atoms with Crippen LogP contribution in [0.1, 0.15) is 38.2 Å². The minimum absolute atomic E-state index is 0.0141. The van der Waals surface area contributed by atoms with Crippen molar-refractivity contribution in [3.63, 3.8) is 0 Å². The lowest BCUT2D eigenvalue weighted by Gasteiger charge is -2.29. The number of phenols is 1. The number of carbonyl (C=O) groups excluding carboxylic acids is 3. The smallest absolute Gasteiger partial charge is 0.331 e. The molecule has 8 heteroatoms. The van der Waals surface area contributed by atoms with Crippen molar-refractivity contribution in [2.75, 3.05) is 13.7 Å². The highest BCUT2D eigenvalue weighted by atomic mass is 16.5. The summed E-state index contributed by atoms with van der Waals surface area (Å²) in [5.74, 6) is -0.804. The number of rotatable bonds is 6. The molecule has 28 heavy (non-hydrogen) atoms. The van der Waals surface area contributed by atoms with Crippen LogP contribution in [0.15, 0.2) is 24.3 Å². The molecular weight excluding hydrogens is 364 g/mol. The monoisotopic (exact) mass is 390 g/mol. The number of hydrogen-bond acceptors (Lipinski definition) is 6. The average molecular weight is 390 g/mol. The molecule has 0 radical (unpaired) electrons. The van der Waals surface area contributed by atoms with E-state index in [1.165, 1.54) is 19.3 Å². The first kappa shape index (κ1) is 21.3. The second kappa shape index (κ2) is 10.3. The number of hydrogen-bond donors (Lipinski definition) is 3. The van der Waals surface area contributed by atoms with Gasteiger partial charge < -0.3 is 19.9 Å². The van der Waals surface area contributed by atoms with Crippen molar-refractivity contribution in [2.24, 2.45) is 5.92 Å². The Morgan fingerprint density at radius 1 is 1.25 bits per heavy atom. The van der Waals surface area contributed by atoms with E-state index >= 15 is 0 Å². The van der Waals surface area contributed by atoms with Crippen LogP contribution in [0, 0.1) is 5.92 Å². The van der Waals surface area contributed by atoms with Gasteiger partial charge in [-0.15, -0.1) is 0 Å². The summed E-state index contributed by atoms with van der Waals surface area (Å²) in [4.78, 5) is 35.4. The Balaban J connectivity index is 1.74. The van der Waals surface area contributed by atoms with Gasteiger partial charge in [-0.25, -0.2) is 9.59 Å². The van der Waals surface area contributed by atoms with Gasteiger partial charge >= 0.3 is 12.0 Å². The highest BCUT2D eigenvalue weighted by Gasteiger charge is 2.23. The molecule has 1 aromatic rings. The number of aromatic hydroxyl groups is 1. The molecule has 1 aliphatic rings. The highest BCUT2D eigenvalue weighted by Crippen LogP contribution is 2.26. The largest absolute Gasteiger partial charge is 0.504 e. The van der Waals surface area contributed by atoms with Gasteiger partial charge in [-0.1, -0.05) is 25.8 Å². The second-order valence-electron chi connectivity index (χ2n) is 6.76. The normalized spacial score (nSPS) is 19.1. The molecule has 3 amide bonds. The van der Waals surface area contributed by atoms with Crippen LogP contribution in [0.25, 0.3) is 6.08 Å². The maximum absolute atomic E-state index is 11.9. The zero-order chi connectivity index (χ0) is 20.5. The maximum Gasteiger partial charge on any atom is 0.331 e. The van der Waals surface area contributed by atoms with Gasteiger partial charge in [0.15, 0.2) is 18.1 Å². The molecular formula is C20H26N2O6. The van der Waals surface area contributed by atoms with E-state index in [2.05, 4.69) is 17.6 Å². The molecule has 1 aliphatic carbocycles. The number of urea groups is 1. The summed E-state index contributed by atoms with van der Waals surface area (Å²) in [5.41, 5.74) is 0.608. The summed E-state index contributed by atoms with van der Waals surface area (Å²) in [5, 5.41) is 14.5. The molecule has 0 bridgehead atoms. The van der Waals surface area contributed by atoms with E-state index in [0.717, 1.165) is 31.8 Å². The van der Waals surface area contributed by atoms with Crippen molar-refractivity contribution in [3.8, 4) is 11.5 Å². The summed E-state index contributed by atoms with van der Waals surface area (Å²) in [6.07, 6.45) is 6.75. The first-order chi connectivity index (χ1) is 13.4. The van der Waals surface area contributed by atoms with E-state index in [-0.39, 0.29) is 17.5 Å². The van der Waals surface area contributed by atoms with E-state index in [9.17, 15) is 19.5 Å². The quantitative estimate of drug-likeness (QED) is 0.508. The van der Waals surface area contributed by atoms with Crippen molar-refractivity contribution >= 4 is 24.0 Å². The molecule has 152 valence electrons. The summed E-state index contributed by atoms with van der Waals surface area (Å²) in [6, 6.07) is 4.04. The standard InChI is InChI=1S/C20H26N2O6/c1-13-5-3-4-6-15(13)21-20(26)22-18(24)12-28-19(25)10-8-14-7-9-16(23)17(11-14)27-2/h7-11,13,15,23H,3-6,12H2,1-2H3,(H2,21,22,24,26)/b10-8+/t13-,15+/m1/s1. The first-order valence-corrected chi connectivity index (χ1v) is 9.21. The molecule has 8 nitrogen and oxygen atoms in total. The molecule has 0 heterocycles. The number of phenolic OH excluding ortho intramolecular Hbond substituents is 1. The first-order valence-electron chi connectivity index (χ1n) is 9.21. The molecule has 0 spiro atoms. The highest BCUT2D eigenvalue weighted by molar-refractivity contribution is 5.96. The van der Waals surface area contributed by atoms with Gasteiger partial charge in [-0.3, -0.25) is 10.1 Å². The summed E-state index contributed by atoms with van der Waals surface area (Å²) in [7, 11) is 1.42. The third kappa shape index (κ3) is 6.61. The number of imide groups is 1. The topological polar surface area (TPSA) is 114 Å². The maximum atomic E-state index is 11.9. The average Bonchev–Trinajstić information content (AvgIpc) is 2.67. The zero-order valence-corrected chi connectivity index (χ0v) is 16.1. The van der Waals surface area contributed by atoms with Crippen molar-refractivity contribution in [3.05, 3.63) is 29.8 Å². The van der Waals surface area contributed by atoms with Crippen LogP contribution in [-0.2, 0) is 14.3 Å². The zero-order valence-electron chi connectivity index (χ0n) is 16.1. The van der Waals surface area contributed by atoms with Crippen LogP contribution in [0.4, 0.5) is 4.79 Å². The Labute approximate surface area is 163 Å². The van der Waals surface area contributed by atoms with Crippen LogP contribution in [0.5, 0.6) is 11.5 Å². The minimum Gasteiger partial charge on any atom is -0.504 e. The molecule has 0 aromatic heterocycles. The van der Waals surface area contributed by atoms with Gasteiger partial charge in [0.05, 0.1) is 7.11 Å². The Morgan fingerprint density at radius 2 is 2.00 bits per heavy atom. The third-order valence-electron chi connectivity index (χ3n) is 4.64. The fourth-order valence-corrected chi connectivity index (χ4v) is 3.04. The SMILES string of the molecule is COc1cc(/C=C/C(=O)OCC(=O)NC(=O)N[C@H]2CCCC[C@H]2C)ccc1O. The van der Waals surface area contributed by atoms with E-state index in [1.807, 2.05) is 0 Å². The predicted octanol–water partition coefficient (Wildman–Crippen LogP) is 2.36. The van der Waals surface area contributed by atoms with E-state index in [0.29, 0.717) is 11.5 Å². The van der Waals surface area contributed by atoms with Gasteiger partial charge in [0.1, 0.15) is 0 Å². The summed E-state index contributed by atoms with van der Waals surface area (Å²) in [6.45, 7) is 1.51. The molecule has 1 aromatic carbocycles.